The molecule has 1 N–H and O–H groups in total. The van der Waals surface area contributed by atoms with Gasteiger partial charge in [-0.05, 0) is 37.6 Å². The van der Waals surface area contributed by atoms with Crippen LogP contribution in [0.5, 0.6) is 0 Å². The molecule has 2 heterocycles. The number of hydrogen-bond donors (Lipinski definition) is 1. The smallest absolute Gasteiger partial charge is 0.341 e. The van der Waals surface area contributed by atoms with Crippen molar-refractivity contribution in [1.82, 2.24) is 9.78 Å². The maximum Gasteiger partial charge on any atom is 0.341 e. The molecule has 7 heteroatoms. The molecule has 0 aliphatic rings. The average Bonchev–Trinajstić information content (AvgIpc) is 3.22. The monoisotopic (exact) mass is 369 g/mol. The van der Waals surface area contributed by atoms with Gasteiger partial charge in [-0.2, -0.15) is 5.10 Å². The Morgan fingerprint density at radius 1 is 1.27 bits per heavy atom. The number of thiophene rings is 1. The van der Waals surface area contributed by atoms with E-state index in [1.54, 1.807) is 23.9 Å². The summed E-state index contributed by atoms with van der Waals surface area (Å²) in [6.07, 6.45) is 3.66. The minimum Gasteiger partial charge on any atom is -0.462 e. The molecule has 0 fully saturated rings. The van der Waals surface area contributed by atoms with Crippen molar-refractivity contribution in [2.75, 3.05) is 11.9 Å². The van der Waals surface area contributed by atoms with Crippen molar-refractivity contribution in [1.29, 1.82) is 0 Å². The number of aryl methyl sites for hydroxylation is 1. The van der Waals surface area contributed by atoms with Gasteiger partial charge in [-0.1, -0.05) is 18.2 Å². The normalized spacial score (nSPS) is 10.5. The van der Waals surface area contributed by atoms with Gasteiger partial charge in [-0.3, -0.25) is 4.79 Å². The number of anilines is 1. The Balaban J connectivity index is 1.69. The fraction of sp³-hybridized carbons (Fsp3) is 0.211. The third kappa shape index (κ3) is 4.18. The van der Waals surface area contributed by atoms with Crippen molar-refractivity contribution in [2.24, 2.45) is 0 Å². The lowest BCUT2D eigenvalue weighted by atomic mass is 10.2. The molecule has 0 bridgehead atoms. The van der Waals surface area contributed by atoms with Crippen molar-refractivity contribution in [3.05, 3.63) is 64.8 Å². The molecule has 0 aliphatic carbocycles. The number of nitrogens with one attached hydrogen (secondary N) is 1. The zero-order valence-electron chi connectivity index (χ0n) is 14.6. The summed E-state index contributed by atoms with van der Waals surface area (Å²) in [4.78, 5) is 25.3. The highest BCUT2D eigenvalue weighted by Gasteiger charge is 2.18. The van der Waals surface area contributed by atoms with E-state index in [0.29, 0.717) is 17.2 Å². The van der Waals surface area contributed by atoms with E-state index >= 15 is 0 Å². The van der Waals surface area contributed by atoms with Crippen LogP contribution in [0.4, 0.5) is 5.00 Å². The number of benzene rings is 1. The third-order valence-corrected chi connectivity index (χ3v) is 4.59. The SMILES string of the molecule is CCOC(=O)c1cc(C)sc1NC(=O)Cc1cnn(-c2ccccc2)c1. The molecule has 1 aromatic carbocycles. The maximum atomic E-state index is 12.4. The van der Waals surface area contributed by atoms with E-state index in [2.05, 4.69) is 10.4 Å². The predicted molar refractivity (Wildman–Crippen MR) is 101 cm³/mol. The molecule has 1 amide bonds. The Labute approximate surface area is 155 Å². The number of carbonyl (C=O) groups excluding carboxylic acids is 2. The Bertz CT molecular complexity index is 915. The Morgan fingerprint density at radius 2 is 2.04 bits per heavy atom. The molecule has 0 unspecified atom stereocenters. The van der Waals surface area contributed by atoms with Crippen LogP contribution in [0.15, 0.2) is 48.8 Å². The Hall–Kier alpha value is -2.93. The van der Waals surface area contributed by atoms with Gasteiger partial charge in [0.25, 0.3) is 0 Å². The summed E-state index contributed by atoms with van der Waals surface area (Å²) in [5.41, 5.74) is 2.11. The quantitative estimate of drug-likeness (QED) is 0.674. The minimum atomic E-state index is -0.427. The standard InChI is InChI=1S/C19H19N3O3S/c1-3-25-19(24)16-9-13(2)26-18(16)21-17(23)10-14-11-20-22(12-14)15-7-5-4-6-8-15/h4-9,11-12H,3,10H2,1-2H3,(H,21,23). The largest absolute Gasteiger partial charge is 0.462 e. The van der Waals surface area contributed by atoms with Gasteiger partial charge in [0.2, 0.25) is 5.91 Å². The third-order valence-electron chi connectivity index (χ3n) is 3.63. The summed E-state index contributed by atoms with van der Waals surface area (Å²) in [6, 6.07) is 11.4. The number of esters is 1. The van der Waals surface area contributed by atoms with Crippen LogP contribution in [-0.4, -0.2) is 28.3 Å². The van der Waals surface area contributed by atoms with Crippen molar-refractivity contribution in [3.63, 3.8) is 0 Å². The highest BCUT2D eigenvalue weighted by Crippen LogP contribution is 2.28. The molecule has 26 heavy (non-hydrogen) atoms. The van der Waals surface area contributed by atoms with Crippen LogP contribution in [0.3, 0.4) is 0 Å². The number of amides is 1. The van der Waals surface area contributed by atoms with Gasteiger partial charge in [0.05, 0.1) is 30.5 Å². The number of aromatic nitrogens is 2. The van der Waals surface area contributed by atoms with Gasteiger partial charge in [-0.25, -0.2) is 9.48 Å². The van der Waals surface area contributed by atoms with E-state index < -0.39 is 5.97 Å². The zero-order valence-corrected chi connectivity index (χ0v) is 15.4. The maximum absolute atomic E-state index is 12.4. The molecule has 3 aromatic rings. The van der Waals surface area contributed by atoms with Crippen LogP contribution < -0.4 is 5.32 Å². The number of nitrogens with zero attached hydrogens (tertiary/aromatic N) is 2. The van der Waals surface area contributed by atoms with E-state index in [-0.39, 0.29) is 12.3 Å². The zero-order chi connectivity index (χ0) is 18.5. The fourth-order valence-electron chi connectivity index (χ4n) is 2.50. The molecule has 0 saturated carbocycles. The highest BCUT2D eigenvalue weighted by atomic mass is 32.1. The van der Waals surface area contributed by atoms with Crippen LogP contribution in [0.1, 0.15) is 27.7 Å². The summed E-state index contributed by atoms with van der Waals surface area (Å²) >= 11 is 1.36. The molecule has 0 radical (unpaired) electrons. The predicted octanol–water partition coefficient (Wildman–Crippen LogP) is 3.60. The van der Waals surface area contributed by atoms with Gasteiger partial charge in [0.1, 0.15) is 5.00 Å². The molecule has 134 valence electrons. The second kappa shape index (κ2) is 7.97. The average molecular weight is 369 g/mol. The Kier molecular flexibility index (Phi) is 5.48. The summed E-state index contributed by atoms with van der Waals surface area (Å²) in [5, 5.41) is 7.61. The van der Waals surface area contributed by atoms with Gasteiger partial charge < -0.3 is 10.1 Å². The van der Waals surface area contributed by atoms with Gasteiger partial charge in [-0.15, -0.1) is 11.3 Å². The van der Waals surface area contributed by atoms with E-state index in [1.807, 2.05) is 43.5 Å². The lowest BCUT2D eigenvalue weighted by molar-refractivity contribution is -0.115. The van der Waals surface area contributed by atoms with E-state index in [1.165, 1.54) is 11.3 Å². The summed E-state index contributed by atoms with van der Waals surface area (Å²) < 4.78 is 6.76. The van der Waals surface area contributed by atoms with Crippen molar-refractivity contribution >= 4 is 28.2 Å². The van der Waals surface area contributed by atoms with Crippen molar-refractivity contribution in [2.45, 2.75) is 20.3 Å². The van der Waals surface area contributed by atoms with Crippen LogP contribution >= 0.6 is 11.3 Å². The van der Waals surface area contributed by atoms with Gasteiger partial charge in [0.15, 0.2) is 0 Å². The van der Waals surface area contributed by atoms with Crippen LogP contribution in [0, 0.1) is 6.92 Å². The highest BCUT2D eigenvalue weighted by molar-refractivity contribution is 7.16. The number of hydrogen-bond acceptors (Lipinski definition) is 5. The summed E-state index contributed by atoms with van der Waals surface area (Å²) in [7, 11) is 0. The van der Waals surface area contributed by atoms with E-state index in [4.69, 9.17) is 4.74 Å². The molecule has 0 saturated heterocycles. The number of ether oxygens (including phenoxy) is 1. The minimum absolute atomic E-state index is 0.173. The lowest BCUT2D eigenvalue weighted by Crippen LogP contribution is -2.16. The number of para-hydroxylation sites is 1. The van der Waals surface area contributed by atoms with E-state index in [9.17, 15) is 9.59 Å². The molecular formula is C19H19N3O3S. The molecule has 0 aliphatic heterocycles. The molecule has 2 aromatic heterocycles. The van der Waals surface area contributed by atoms with Crippen LogP contribution in [0.2, 0.25) is 0 Å². The molecule has 3 rings (SSSR count). The lowest BCUT2D eigenvalue weighted by Gasteiger charge is -2.05. The second-order valence-electron chi connectivity index (χ2n) is 5.67. The molecule has 0 atom stereocenters. The van der Waals surface area contributed by atoms with Crippen LogP contribution in [0.25, 0.3) is 5.69 Å². The first-order valence-corrected chi connectivity index (χ1v) is 9.05. The van der Waals surface area contributed by atoms with Crippen molar-refractivity contribution < 1.29 is 14.3 Å². The van der Waals surface area contributed by atoms with Gasteiger partial charge >= 0.3 is 5.97 Å². The van der Waals surface area contributed by atoms with E-state index in [0.717, 1.165) is 16.1 Å². The first-order chi connectivity index (χ1) is 12.6. The first-order valence-electron chi connectivity index (χ1n) is 8.23. The van der Waals surface area contributed by atoms with Crippen molar-refractivity contribution in [3.8, 4) is 5.69 Å². The molecule has 6 nitrogen and oxygen atoms in total. The topological polar surface area (TPSA) is 73.2 Å². The number of rotatable bonds is 6. The Morgan fingerprint density at radius 3 is 2.77 bits per heavy atom. The first kappa shape index (κ1) is 17.9. The number of carbonyl (C=O) groups is 2. The molecule has 0 spiro atoms. The summed E-state index contributed by atoms with van der Waals surface area (Å²) in [5.74, 6) is -0.631. The fourth-order valence-corrected chi connectivity index (χ4v) is 3.41. The van der Waals surface area contributed by atoms with Gasteiger partial charge in [0, 0.05) is 11.1 Å². The van der Waals surface area contributed by atoms with Crippen LogP contribution in [-0.2, 0) is 16.0 Å². The summed E-state index contributed by atoms with van der Waals surface area (Å²) in [6.45, 7) is 3.92. The molecular weight excluding hydrogens is 350 g/mol. The second-order valence-corrected chi connectivity index (χ2v) is 6.93.